The predicted octanol–water partition coefficient (Wildman–Crippen LogP) is 1.99. The molecule has 5 nitrogen and oxygen atoms in total. The van der Waals surface area contributed by atoms with E-state index in [1.807, 2.05) is 13.8 Å². The quantitative estimate of drug-likeness (QED) is 0.719. The molecule has 1 aromatic heterocycles. The molecule has 0 unspecified atom stereocenters. The molecule has 5 heteroatoms. The largest absolute Gasteiger partial charge is 0.464 e. The molecule has 1 heterocycles. The molecule has 0 radical (unpaired) electrons. The average Bonchev–Trinajstić information content (AvgIpc) is 2.68. The SMILES string of the molecule is CCCCn1nnc(C(=O)OC)c1C(C)C. The fourth-order valence-electron chi connectivity index (χ4n) is 1.61. The van der Waals surface area contributed by atoms with Crippen molar-refractivity contribution in [2.45, 2.75) is 46.1 Å². The lowest BCUT2D eigenvalue weighted by Gasteiger charge is -2.09. The van der Waals surface area contributed by atoms with Gasteiger partial charge in [-0.1, -0.05) is 32.4 Å². The van der Waals surface area contributed by atoms with Crippen molar-refractivity contribution in [3.63, 3.8) is 0 Å². The van der Waals surface area contributed by atoms with Crippen molar-refractivity contribution >= 4 is 5.97 Å². The van der Waals surface area contributed by atoms with Crippen molar-refractivity contribution in [1.82, 2.24) is 15.0 Å². The van der Waals surface area contributed by atoms with E-state index < -0.39 is 5.97 Å². The van der Waals surface area contributed by atoms with Gasteiger partial charge in [-0.15, -0.1) is 5.10 Å². The number of esters is 1. The number of rotatable bonds is 5. The number of methoxy groups -OCH3 is 1. The lowest BCUT2D eigenvalue weighted by molar-refractivity contribution is 0.0592. The summed E-state index contributed by atoms with van der Waals surface area (Å²) in [6.45, 7) is 6.96. The maximum Gasteiger partial charge on any atom is 0.360 e. The van der Waals surface area contributed by atoms with E-state index in [2.05, 4.69) is 17.2 Å². The van der Waals surface area contributed by atoms with Crippen LogP contribution in [0.2, 0.25) is 0 Å². The summed E-state index contributed by atoms with van der Waals surface area (Å²) in [4.78, 5) is 11.5. The van der Waals surface area contributed by atoms with Gasteiger partial charge in [-0.3, -0.25) is 0 Å². The summed E-state index contributed by atoms with van der Waals surface area (Å²) in [5.41, 5.74) is 1.20. The molecule has 0 bridgehead atoms. The lowest BCUT2D eigenvalue weighted by atomic mass is 10.1. The molecule has 0 amide bonds. The minimum absolute atomic E-state index is 0.209. The Morgan fingerprint density at radius 3 is 2.69 bits per heavy atom. The van der Waals surface area contributed by atoms with Gasteiger partial charge in [0.05, 0.1) is 12.8 Å². The van der Waals surface area contributed by atoms with E-state index in [1.54, 1.807) is 4.68 Å². The van der Waals surface area contributed by atoms with E-state index in [4.69, 9.17) is 4.74 Å². The third-order valence-electron chi connectivity index (χ3n) is 2.42. The molecule has 0 fully saturated rings. The lowest BCUT2D eigenvalue weighted by Crippen LogP contribution is -2.11. The highest BCUT2D eigenvalue weighted by atomic mass is 16.5. The number of aryl methyl sites for hydroxylation is 1. The average molecular weight is 225 g/mol. The minimum Gasteiger partial charge on any atom is -0.464 e. The van der Waals surface area contributed by atoms with E-state index in [0.717, 1.165) is 25.1 Å². The second-order valence-electron chi connectivity index (χ2n) is 4.05. The highest BCUT2D eigenvalue weighted by molar-refractivity contribution is 5.88. The molecule has 0 atom stereocenters. The standard InChI is InChI=1S/C11H19N3O2/c1-5-6-7-14-10(8(2)3)9(12-13-14)11(15)16-4/h8H,5-7H2,1-4H3. The highest BCUT2D eigenvalue weighted by Crippen LogP contribution is 2.18. The fraction of sp³-hybridized carbons (Fsp3) is 0.727. The molecule has 0 aliphatic heterocycles. The summed E-state index contributed by atoms with van der Waals surface area (Å²) in [7, 11) is 1.36. The normalized spacial score (nSPS) is 10.8. The summed E-state index contributed by atoms with van der Waals surface area (Å²) >= 11 is 0. The maximum atomic E-state index is 11.5. The van der Waals surface area contributed by atoms with Crippen molar-refractivity contribution in [2.24, 2.45) is 0 Å². The van der Waals surface area contributed by atoms with Gasteiger partial charge in [0.1, 0.15) is 0 Å². The summed E-state index contributed by atoms with van der Waals surface area (Å²) < 4.78 is 6.50. The second-order valence-corrected chi connectivity index (χ2v) is 4.05. The Bertz CT molecular complexity index is 358. The first-order valence-corrected chi connectivity index (χ1v) is 5.63. The van der Waals surface area contributed by atoms with Crippen LogP contribution in [0.3, 0.4) is 0 Å². The van der Waals surface area contributed by atoms with Crippen LogP contribution in [-0.2, 0) is 11.3 Å². The van der Waals surface area contributed by atoms with Gasteiger partial charge in [-0.05, 0) is 12.3 Å². The third kappa shape index (κ3) is 2.59. The molecule has 1 rings (SSSR count). The molecule has 0 spiro atoms. The zero-order valence-corrected chi connectivity index (χ0v) is 10.4. The molecule has 1 aromatic rings. The van der Waals surface area contributed by atoms with Gasteiger partial charge in [0.15, 0.2) is 5.69 Å². The molecule has 0 aliphatic rings. The molecule has 0 saturated heterocycles. The Morgan fingerprint density at radius 2 is 2.19 bits per heavy atom. The van der Waals surface area contributed by atoms with Gasteiger partial charge in [0, 0.05) is 6.54 Å². The van der Waals surface area contributed by atoms with E-state index in [1.165, 1.54) is 7.11 Å². The first-order chi connectivity index (χ1) is 7.61. The number of nitrogens with zero attached hydrogens (tertiary/aromatic N) is 3. The van der Waals surface area contributed by atoms with Crippen molar-refractivity contribution in [1.29, 1.82) is 0 Å². The molecular weight excluding hydrogens is 206 g/mol. The fourth-order valence-corrected chi connectivity index (χ4v) is 1.61. The maximum absolute atomic E-state index is 11.5. The van der Waals surface area contributed by atoms with Gasteiger partial charge in [-0.25, -0.2) is 9.48 Å². The number of carbonyl (C=O) groups is 1. The number of carbonyl (C=O) groups excluding carboxylic acids is 1. The number of unbranched alkanes of at least 4 members (excludes halogenated alkanes) is 1. The number of aromatic nitrogens is 3. The number of hydrogen-bond acceptors (Lipinski definition) is 4. The van der Waals surface area contributed by atoms with E-state index in [9.17, 15) is 4.79 Å². The molecule has 0 aromatic carbocycles. The summed E-state index contributed by atoms with van der Waals surface area (Å²) in [5, 5.41) is 7.91. The van der Waals surface area contributed by atoms with E-state index in [0.29, 0.717) is 5.69 Å². The summed E-state index contributed by atoms with van der Waals surface area (Å²) in [5.74, 6) is -0.201. The van der Waals surface area contributed by atoms with Gasteiger partial charge >= 0.3 is 5.97 Å². The summed E-state index contributed by atoms with van der Waals surface area (Å²) in [6, 6.07) is 0. The Kier molecular flexibility index (Phi) is 4.46. The Labute approximate surface area is 95.8 Å². The molecule has 16 heavy (non-hydrogen) atoms. The van der Waals surface area contributed by atoms with Gasteiger partial charge in [-0.2, -0.15) is 0 Å². The van der Waals surface area contributed by atoms with Crippen LogP contribution < -0.4 is 0 Å². The molecule has 0 N–H and O–H groups in total. The van der Waals surface area contributed by atoms with Crippen LogP contribution in [0, 0.1) is 0 Å². The number of hydrogen-bond donors (Lipinski definition) is 0. The zero-order valence-electron chi connectivity index (χ0n) is 10.4. The van der Waals surface area contributed by atoms with Gasteiger partial charge < -0.3 is 4.74 Å². The first-order valence-electron chi connectivity index (χ1n) is 5.63. The summed E-state index contributed by atoms with van der Waals surface area (Å²) in [6.07, 6.45) is 2.12. The molecular formula is C11H19N3O2. The van der Waals surface area contributed by atoms with E-state index in [-0.39, 0.29) is 5.92 Å². The van der Waals surface area contributed by atoms with Crippen LogP contribution in [0.15, 0.2) is 0 Å². The Balaban J connectivity index is 3.02. The highest BCUT2D eigenvalue weighted by Gasteiger charge is 2.22. The van der Waals surface area contributed by atoms with Crippen molar-refractivity contribution in [3.05, 3.63) is 11.4 Å². The van der Waals surface area contributed by atoms with Crippen LogP contribution in [-0.4, -0.2) is 28.1 Å². The van der Waals surface area contributed by atoms with Crippen molar-refractivity contribution < 1.29 is 9.53 Å². The predicted molar refractivity (Wildman–Crippen MR) is 60.4 cm³/mol. The number of ether oxygens (including phenoxy) is 1. The van der Waals surface area contributed by atoms with Gasteiger partial charge in [0.25, 0.3) is 0 Å². The minimum atomic E-state index is -0.411. The molecule has 0 aliphatic carbocycles. The molecule has 90 valence electrons. The van der Waals surface area contributed by atoms with Crippen LogP contribution in [0.25, 0.3) is 0 Å². The van der Waals surface area contributed by atoms with Crippen molar-refractivity contribution in [3.8, 4) is 0 Å². The zero-order chi connectivity index (χ0) is 12.1. The van der Waals surface area contributed by atoms with Crippen LogP contribution in [0.1, 0.15) is 55.7 Å². The topological polar surface area (TPSA) is 57.0 Å². The van der Waals surface area contributed by atoms with Crippen LogP contribution >= 0.6 is 0 Å². The second kappa shape index (κ2) is 5.63. The van der Waals surface area contributed by atoms with E-state index >= 15 is 0 Å². The first kappa shape index (κ1) is 12.7. The van der Waals surface area contributed by atoms with Crippen LogP contribution in [0.5, 0.6) is 0 Å². The monoisotopic (exact) mass is 225 g/mol. The Morgan fingerprint density at radius 1 is 1.50 bits per heavy atom. The third-order valence-corrected chi connectivity index (χ3v) is 2.42. The smallest absolute Gasteiger partial charge is 0.360 e. The van der Waals surface area contributed by atoms with Gasteiger partial charge in [0.2, 0.25) is 0 Å². The molecule has 0 saturated carbocycles. The van der Waals surface area contributed by atoms with Crippen molar-refractivity contribution in [2.75, 3.05) is 7.11 Å². The van der Waals surface area contributed by atoms with Crippen LogP contribution in [0.4, 0.5) is 0 Å². The Hall–Kier alpha value is -1.39.